The number of oxazole rings is 1. The second-order valence-electron chi connectivity index (χ2n) is 5.04. The first-order valence-corrected chi connectivity index (χ1v) is 8.46. The number of aryl methyl sites for hydroxylation is 1. The molecular formula is C16H16N2O4S. The molecule has 3 aromatic rings. The lowest BCUT2D eigenvalue weighted by Gasteiger charge is -2.07. The van der Waals surface area contributed by atoms with Crippen LogP contribution in [-0.2, 0) is 16.6 Å². The van der Waals surface area contributed by atoms with E-state index in [1.54, 1.807) is 25.1 Å². The highest BCUT2D eigenvalue weighted by Crippen LogP contribution is 2.18. The van der Waals surface area contributed by atoms with E-state index in [-0.39, 0.29) is 11.4 Å². The van der Waals surface area contributed by atoms with Crippen LogP contribution in [0.25, 0.3) is 11.1 Å². The average molecular weight is 332 g/mol. The van der Waals surface area contributed by atoms with E-state index < -0.39 is 10.0 Å². The van der Waals surface area contributed by atoms with Gasteiger partial charge in [-0.15, -0.1) is 0 Å². The summed E-state index contributed by atoms with van der Waals surface area (Å²) >= 11 is 0. The van der Waals surface area contributed by atoms with Crippen LogP contribution < -0.4 is 9.46 Å². The summed E-state index contributed by atoms with van der Waals surface area (Å²) in [4.78, 5) is 4.40. The summed E-state index contributed by atoms with van der Waals surface area (Å²) in [5.74, 6) is 1.19. The van der Waals surface area contributed by atoms with Gasteiger partial charge in [-0.25, -0.2) is 18.1 Å². The molecule has 0 aliphatic carbocycles. The lowest BCUT2D eigenvalue weighted by atomic mass is 10.2. The van der Waals surface area contributed by atoms with Gasteiger partial charge >= 0.3 is 0 Å². The van der Waals surface area contributed by atoms with Crippen molar-refractivity contribution < 1.29 is 17.6 Å². The second-order valence-corrected chi connectivity index (χ2v) is 6.80. The lowest BCUT2D eigenvalue weighted by molar-refractivity contribution is 0.414. The molecule has 2 aromatic carbocycles. The zero-order chi connectivity index (χ0) is 16.4. The first kappa shape index (κ1) is 15.5. The minimum Gasteiger partial charge on any atom is -0.497 e. The minimum atomic E-state index is -3.58. The van der Waals surface area contributed by atoms with Gasteiger partial charge in [-0.3, -0.25) is 0 Å². The molecule has 0 atom stereocenters. The number of fused-ring (bicyclic) bond motifs is 1. The molecular weight excluding hydrogens is 316 g/mol. The maximum atomic E-state index is 12.3. The van der Waals surface area contributed by atoms with Crippen LogP contribution in [0.2, 0.25) is 0 Å². The van der Waals surface area contributed by atoms with Crippen molar-refractivity contribution in [1.82, 2.24) is 9.71 Å². The summed E-state index contributed by atoms with van der Waals surface area (Å²) in [6.45, 7) is 1.94. The van der Waals surface area contributed by atoms with Crippen LogP contribution >= 0.6 is 0 Å². The number of nitrogens with one attached hydrogen (secondary N) is 1. The fraction of sp³-hybridized carbons (Fsp3) is 0.188. The van der Waals surface area contributed by atoms with Gasteiger partial charge in [-0.05, 0) is 42.0 Å². The monoisotopic (exact) mass is 332 g/mol. The van der Waals surface area contributed by atoms with Gasteiger partial charge in [0.25, 0.3) is 0 Å². The highest BCUT2D eigenvalue weighted by Gasteiger charge is 2.14. The Balaban J connectivity index is 1.76. The van der Waals surface area contributed by atoms with Gasteiger partial charge in [0.1, 0.15) is 11.3 Å². The molecule has 0 radical (unpaired) electrons. The summed E-state index contributed by atoms with van der Waals surface area (Å²) in [6, 6.07) is 11.6. The van der Waals surface area contributed by atoms with Crippen molar-refractivity contribution in [3.63, 3.8) is 0 Å². The van der Waals surface area contributed by atoms with E-state index in [2.05, 4.69) is 9.71 Å². The Kier molecular flexibility index (Phi) is 4.06. The SMILES string of the molecule is COc1ccc(S(=O)(=O)NCc2ccc3nc(C)oc3c2)cc1. The van der Waals surface area contributed by atoms with Gasteiger partial charge in [0.15, 0.2) is 11.5 Å². The van der Waals surface area contributed by atoms with E-state index in [1.165, 1.54) is 19.2 Å². The molecule has 1 N–H and O–H groups in total. The van der Waals surface area contributed by atoms with Crippen LogP contribution in [-0.4, -0.2) is 20.5 Å². The first-order valence-electron chi connectivity index (χ1n) is 6.98. The standard InChI is InChI=1S/C16H16N2O4S/c1-11-18-15-8-3-12(9-16(15)22-11)10-17-23(19,20)14-6-4-13(21-2)5-7-14/h3-9,17H,10H2,1-2H3. The number of rotatable bonds is 5. The fourth-order valence-corrected chi connectivity index (χ4v) is 3.23. The number of hydrogen-bond donors (Lipinski definition) is 1. The van der Waals surface area contributed by atoms with Crippen molar-refractivity contribution in [1.29, 1.82) is 0 Å². The molecule has 0 saturated heterocycles. The van der Waals surface area contributed by atoms with E-state index in [0.29, 0.717) is 17.2 Å². The Hall–Kier alpha value is -2.38. The van der Waals surface area contributed by atoms with Gasteiger partial charge < -0.3 is 9.15 Å². The van der Waals surface area contributed by atoms with Gasteiger partial charge in [0, 0.05) is 13.5 Å². The molecule has 0 spiro atoms. The van der Waals surface area contributed by atoms with E-state index in [4.69, 9.17) is 9.15 Å². The Morgan fingerprint density at radius 1 is 1.17 bits per heavy atom. The maximum absolute atomic E-state index is 12.3. The summed E-state index contributed by atoms with van der Waals surface area (Å²) in [6.07, 6.45) is 0. The van der Waals surface area contributed by atoms with Crippen LogP contribution in [0.5, 0.6) is 5.75 Å². The molecule has 0 aliphatic heterocycles. The average Bonchev–Trinajstić information content (AvgIpc) is 2.92. The van der Waals surface area contributed by atoms with Crippen molar-refractivity contribution in [3.8, 4) is 5.75 Å². The maximum Gasteiger partial charge on any atom is 0.240 e. The summed E-state index contributed by atoms with van der Waals surface area (Å²) < 4.78 is 37.6. The molecule has 23 heavy (non-hydrogen) atoms. The quantitative estimate of drug-likeness (QED) is 0.777. The summed E-state index contributed by atoms with van der Waals surface area (Å²) in [7, 11) is -2.05. The minimum absolute atomic E-state index is 0.171. The van der Waals surface area contributed by atoms with Crippen LogP contribution in [0, 0.1) is 6.92 Å². The van der Waals surface area contributed by atoms with Crippen LogP contribution in [0.4, 0.5) is 0 Å². The Bertz CT molecular complexity index is 930. The van der Waals surface area contributed by atoms with Gasteiger partial charge in [-0.1, -0.05) is 6.07 Å². The van der Waals surface area contributed by atoms with E-state index in [0.717, 1.165) is 11.1 Å². The number of sulfonamides is 1. The van der Waals surface area contributed by atoms with E-state index >= 15 is 0 Å². The third kappa shape index (κ3) is 3.35. The van der Waals surface area contributed by atoms with Crippen molar-refractivity contribution >= 4 is 21.1 Å². The van der Waals surface area contributed by atoms with Crippen LogP contribution in [0.15, 0.2) is 51.8 Å². The highest BCUT2D eigenvalue weighted by molar-refractivity contribution is 7.89. The molecule has 120 valence electrons. The van der Waals surface area contributed by atoms with Crippen molar-refractivity contribution in [2.24, 2.45) is 0 Å². The molecule has 0 aliphatic rings. The summed E-state index contributed by atoms with van der Waals surface area (Å²) in [5.41, 5.74) is 2.19. The topological polar surface area (TPSA) is 81.4 Å². The van der Waals surface area contributed by atoms with Gasteiger partial charge in [0.2, 0.25) is 10.0 Å². The number of hydrogen-bond acceptors (Lipinski definition) is 5. The Morgan fingerprint density at radius 3 is 2.61 bits per heavy atom. The molecule has 6 nitrogen and oxygen atoms in total. The Labute approximate surface area is 134 Å². The van der Waals surface area contributed by atoms with E-state index in [9.17, 15) is 8.42 Å². The molecule has 0 amide bonds. The van der Waals surface area contributed by atoms with Crippen molar-refractivity contribution in [2.45, 2.75) is 18.4 Å². The molecule has 0 saturated carbocycles. The van der Waals surface area contributed by atoms with Crippen LogP contribution in [0.1, 0.15) is 11.5 Å². The number of methoxy groups -OCH3 is 1. The molecule has 0 unspecified atom stereocenters. The molecule has 0 fully saturated rings. The molecule has 0 bridgehead atoms. The molecule has 7 heteroatoms. The lowest BCUT2D eigenvalue weighted by Crippen LogP contribution is -2.23. The number of aromatic nitrogens is 1. The van der Waals surface area contributed by atoms with Gasteiger partial charge in [-0.2, -0.15) is 0 Å². The van der Waals surface area contributed by atoms with Gasteiger partial charge in [0.05, 0.1) is 12.0 Å². The Morgan fingerprint density at radius 2 is 1.91 bits per heavy atom. The van der Waals surface area contributed by atoms with Crippen molar-refractivity contribution in [3.05, 3.63) is 53.9 Å². The molecule has 3 rings (SSSR count). The van der Waals surface area contributed by atoms with Crippen LogP contribution in [0.3, 0.4) is 0 Å². The number of nitrogens with zero attached hydrogens (tertiary/aromatic N) is 1. The normalized spacial score (nSPS) is 11.7. The molecule has 1 aromatic heterocycles. The smallest absolute Gasteiger partial charge is 0.240 e. The molecule has 1 heterocycles. The predicted octanol–water partition coefficient (Wildman–Crippen LogP) is 2.62. The summed E-state index contributed by atoms with van der Waals surface area (Å²) in [5, 5.41) is 0. The second kappa shape index (κ2) is 6.02. The van der Waals surface area contributed by atoms with E-state index in [1.807, 2.05) is 12.1 Å². The first-order chi connectivity index (χ1) is 11.0. The predicted molar refractivity (Wildman–Crippen MR) is 85.8 cm³/mol. The zero-order valence-electron chi connectivity index (χ0n) is 12.7. The highest BCUT2D eigenvalue weighted by atomic mass is 32.2. The van der Waals surface area contributed by atoms with Crippen molar-refractivity contribution in [2.75, 3.05) is 7.11 Å². The largest absolute Gasteiger partial charge is 0.497 e. The fourth-order valence-electron chi connectivity index (χ4n) is 2.21. The third-order valence-electron chi connectivity index (χ3n) is 3.40. The number of ether oxygens (including phenoxy) is 1. The zero-order valence-corrected chi connectivity index (χ0v) is 13.6. The third-order valence-corrected chi connectivity index (χ3v) is 4.81. The number of benzene rings is 2.